The van der Waals surface area contributed by atoms with Crippen LogP contribution in [0.4, 0.5) is 5.69 Å². The molecular formula is C19H21NO5. The third kappa shape index (κ3) is 4.73. The van der Waals surface area contributed by atoms with Crippen LogP contribution in [0.3, 0.4) is 0 Å². The number of hydrogen-bond donors (Lipinski definition) is 1. The lowest BCUT2D eigenvalue weighted by Gasteiger charge is -2.15. The van der Waals surface area contributed by atoms with Gasteiger partial charge in [-0.2, -0.15) is 0 Å². The normalized spacial score (nSPS) is 11.4. The molecule has 1 N–H and O–H groups in total. The first kappa shape index (κ1) is 18.3. The average Bonchev–Trinajstić information content (AvgIpc) is 2.61. The lowest BCUT2D eigenvalue weighted by atomic mass is 10.1. The molecule has 0 aliphatic rings. The van der Waals surface area contributed by atoms with Crippen molar-refractivity contribution in [2.75, 3.05) is 19.5 Å². The summed E-state index contributed by atoms with van der Waals surface area (Å²) >= 11 is 0. The van der Waals surface area contributed by atoms with Crippen LogP contribution in [0.5, 0.6) is 11.5 Å². The second kappa shape index (κ2) is 8.19. The first-order chi connectivity index (χ1) is 11.9. The predicted molar refractivity (Wildman–Crippen MR) is 94.2 cm³/mol. The van der Waals surface area contributed by atoms with Gasteiger partial charge in [-0.25, -0.2) is 4.79 Å². The smallest absolute Gasteiger partial charge is 0.342 e. The van der Waals surface area contributed by atoms with E-state index >= 15 is 0 Å². The highest BCUT2D eigenvalue weighted by atomic mass is 16.5. The van der Waals surface area contributed by atoms with Gasteiger partial charge in [-0.05, 0) is 38.1 Å². The molecule has 0 radical (unpaired) electrons. The topological polar surface area (TPSA) is 73.9 Å². The maximum atomic E-state index is 12.3. The molecule has 132 valence electrons. The molecule has 0 spiro atoms. The van der Waals surface area contributed by atoms with Gasteiger partial charge in [-0.1, -0.05) is 17.7 Å². The van der Waals surface area contributed by atoms with Crippen LogP contribution in [-0.2, 0) is 9.53 Å². The van der Waals surface area contributed by atoms with Gasteiger partial charge >= 0.3 is 5.97 Å². The number of carbonyl (C=O) groups is 2. The summed E-state index contributed by atoms with van der Waals surface area (Å²) in [7, 11) is 3.01. The number of benzene rings is 2. The summed E-state index contributed by atoms with van der Waals surface area (Å²) in [5, 5.41) is 2.69. The second-order valence-corrected chi connectivity index (χ2v) is 5.47. The minimum absolute atomic E-state index is 0.281. The van der Waals surface area contributed by atoms with Gasteiger partial charge in [0.25, 0.3) is 5.91 Å². The zero-order chi connectivity index (χ0) is 18.4. The minimum Gasteiger partial charge on any atom is -0.497 e. The van der Waals surface area contributed by atoms with Crippen molar-refractivity contribution in [2.24, 2.45) is 0 Å². The van der Waals surface area contributed by atoms with Crippen LogP contribution in [0, 0.1) is 6.92 Å². The maximum Gasteiger partial charge on any atom is 0.342 e. The Bertz CT molecular complexity index is 772. The number of methoxy groups -OCH3 is 2. The molecule has 1 amide bonds. The highest BCUT2D eigenvalue weighted by molar-refractivity contribution is 5.98. The summed E-state index contributed by atoms with van der Waals surface area (Å²) in [6.07, 6.45) is -0.969. The lowest BCUT2D eigenvalue weighted by Crippen LogP contribution is -2.30. The molecule has 0 aliphatic carbocycles. The van der Waals surface area contributed by atoms with E-state index in [9.17, 15) is 9.59 Å². The molecule has 25 heavy (non-hydrogen) atoms. The molecule has 0 heterocycles. The summed E-state index contributed by atoms with van der Waals surface area (Å²) in [6.45, 7) is 3.37. The Morgan fingerprint density at radius 3 is 2.48 bits per heavy atom. The molecule has 2 aromatic rings. The van der Waals surface area contributed by atoms with Crippen molar-refractivity contribution in [1.82, 2.24) is 0 Å². The van der Waals surface area contributed by atoms with Crippen LogP contribution in [0.15, 0.2) is 42.5 Å². The fourth-order valence-corrected chi connectivity index (χ4v) is 2.20. The first-order valence-electron chi connectivity index (χ1n) is 7.75. The Hall–Kier alpha value is -3.02. The Morgan fingerprint density at radius 2 is 1.80 bits per heavy atom. The van der Waals surface area contributed by atoms with Crippen molar-refractivity contribution in [1.29, 1.82) is 0 Å². The molecule has 0 saturated heterocycles. The summed E-state index contributed by atoms with van der Waals surface area (Å²) in [5.41, 5.74) is 1.73. The fraction of sp³-hybridized carbons (Fsp3) is 0.263. The van der Waals surface area contributed by atoms with Crippen molar-refractivity contribution in [3.8, 4) is 11.5 Å². The molecule has 2 rings (SSSR count). The Balaban J connectivity index is 2.05. The van der Waals surface area contributed by atoms with E-state index in [0.717, 1.165) is 5.56 Å². The van der Waals surface area contributed by atoms with Gasteiger partial charge in [-0.3, -0.25) is 4.79 Å². The monoisotopic (exact) mass is 343 g/mol. The molecule has 0 saturated carbocycles. The van der Waals surface area contributed by atoms with Crippen molar-refractivity contribution in [3.05, 3.63) is 53.6 Å². The number of esters is 1. The SMILES string of the molecule is COc1cccc(NC(=O)[C@@H](C)OC(=O)c2cc(C)ccc2OC)c1. The predicted octanol–water partition coefficient (Wildman–Crippen LogP) is 3.20. The van der Waals surface area contributed by atoms with Gasteiger partial charge in [0.15, 0.2) is 6.10 Å². The van der Waals surface area contributed by atoms with E-state index in [4.69, 9.17) is 14.2 Å². The standard InChI is InChI=1S/C19H21NO5/c1-12-8-9-17(24-4)16(10-12)19(22)25-13(2)18(21)20-14-6-5-7-15(11-14)23-3/h5-11,13H,1-4H3,(H,20,21)/t13-/m1/s1. The van der Waals surface area contributed by atoms with Crippen molar-refractivity contribution in [3.63, 3.8) is 0 Å². The van der Waals surface area contributed by atoms with E-state index in [1.54, 1.807) is 43.5 Å². The molecule has 0 aliphatic heterocycles. The third-order valence-electron chi connectivity index (χ3n) is 3.57. The summed E-state index contributed by atoms with van der Waals surface area (Å²) in [5.74, 6) is -0.0370. The zero-order valence-electron chi connectivity index (χ0n) is 14.7. The van der Waals surface area contributed by atoms with Crippen LogP contribution < -0.4 is 14.8 Å². The van der Waals surface area contributed by atoms with Crippen LogP contribution in [0.25, 0.3) is 0 Å². The minimum atomic E-state index is -0.969. The fourth-order valence-electron chi connectivity index (χ4n) is 2.20. The van der Waals surface area contributed by atoms with E-state index in [1.807, 2.05) is 13.0 Å². The van der Waals surface area contributed by atoms with E-state index in [1.165, 1.54) is 14.0 Å². The highest BCUT2D eigenvalue weighted by Gasteiger charge is 2.21. The number of ether oxygens (including phenoxy) is 3. The molecule has 0 bridgehead atoms. The van der Waals surface area contributed by atoms with Gasteiger partial charge in [0.1, 0.15) is 17.1 Å². The van der Waals surface area contributed by atoms with E-state index < -0.39 is 18.0 Å². The summed E-state index contributed by atoms with van der Waals surface area (Å²) in [4.78, 5) is 24.6. The van der Waals surface area contributed by atoms with Crippen LogP contribution >= 0.6 is 0 Å². The molecular weight excluding hydrogens is 322 g/mol. The van der Waals surface area contributed by atoms with Crippen molar-refractivity contribution in [2.45, 2.75) is 20.0 Å². The van der Waals surface area contributed by atoms with Gasteiger partial charge in [0.05, 0.1) is 14.2 Å². The number of carbonyl (C=O) groups excluding carboxylic acids is 2. The van der Waals surface area contributed by atoms with E-state index in [2.05, 4.69) is 5.32 Å². The first-order valence-corrected chi connectivity index (χ1v) is 7.75. The summed E-state index contributed by atoms with van der Waals surface area (Å²) < 4.78 is 15.5. The average molecular weight is 343 g/mol. The Labute approximate surface area is 146 Å². The number of hydrogen-bond acceptors (Lipinski definition) is 5. The largest absolute Gasteiger partial charge is 0.497 e. The van der Waals surface area contributed by atoms with Crippen molar-refractivity contribution < 1.29 is 23.8 Å². The van der Waals surface area contributed by atoms with Gasteiger partial charge in [-0.15, -0.1) is 0 Å². The lowest BCUT2D eigenvalue weighted by molar-refractivity contribution is -0.123. The number of amides is 1. The van der Waals surface area contributed by atoms with Crippen molar-refractivity contribution >= 4 is 17.6 Å². The number of aryl methyl sites for hydroxylation is 1. The molecule has 6 nitrogen and oxygen atoms in total. The molecule has 1 atom stereocenters. The Morgan fingerprint density at radius 1 is 1.04 bits per heavy atom. The van der Waals surface area contributed by atoms with Crippen LogP contribution in [-0.4, -0.2) is 32.2 Å². The molecule has 0 aromatic heterocycles. The van der Waals surface area contributed by atoms with Gasteiger partial charge < -0.3 is 19.5 Å². The Kier molecular flexibility index (Phi) is 6.00. The van der Waals surface area contributed by atoms with Crippen LogP contribution in [0.1, 0.15) is 22.8 Å². The van der Waals surface area contributed by atoms with E-state index in [-0.39, 0.29) is 5.56 Å². The van der Waals surface area contributed by atoms with Crippen LogP contribution in [0.2, 0.25) is 0 Å². The number of nitrogens with one attached hydrogen (secondary N) is 1. The van der Waals surface area contributed by atoms with Gasteiger partial charge in [0, 0.05) is 11.8 Å². The molecule has 2 aromatic carbocycles. The quantitative estimate of drug-likeness (QED) is 0.816. The second-order valence-electron chi connectivity index (χ2n) is 5.47. The van der Waals surface area contributed by atoms with E-state index in [0.29, 0.717) is 17.2 Å². The zero-order valence-corrected chi connectivity index (χ0v) is 14.7. The van der Waals surface area contributed by atoms with Gasteiger partial charge in [0.2, 0.25) is 0 Å². The maximum absolute atomic E-state index is 12.3. The molecule has 6 heteroatoms. The number of anilines is 1. The summed E-state index contributed by atoms with van der Waals surface area (Å²) in [6, 6.07) is 12.1. The molecule has 0 unspecified atom stereocenters. The third-order valence-corrected chi connectivity index (χ3v) is 3.57. The number of rotatable bonds is 6. The highest BCUT2D eigenvalue weighted by Crippen LogP contribution is 2.21. The molecule has 0 fully saturated rings.